The van der Waals surface area contributed by atoms with Crippen molar-refractivity contribution >= 4 is 38.6 Å². The number of esters is 1. The van der Waals surface area contributed by atoms with Crippen LogP contribution in [0.3, 0.4) is 0 Å². The van der Waals surface area contributed by atoms with E-state index in [9.17, 15) is 17.6 Å². The molecule has 2 aromatic carbocycles. The Morgan fingerprint density at radius 3 is 2.88 bits per heavy atom. The second kappa shape index (κ2) is 7.96. The fourth-order valence-corrected chi connectivity index (χ4v) is 5.68. The van der Waals surface area contributed by atoms with Gasteiger partial charge >= 0.3 is 5.97 Å². The van der Waals surface area contributed by atoms with Gasteiger partial charge in [-0.2, -0.15) is 4.98 Å². The molecule has 0 bridgehead atoms. The van der Waals surface area contributed by atoms with Gasteiger partial charge in [-0.05, 0) is 55.4 Å². The number of ether oxygens (including phenoxy) is 1. The van der Waals surface area contributed by atoms with Crippen LogP contribution < -0.4 is 4.90 Å². The Hall–Kier alpha value is -3.25. The highest BCUT2D eigenvalue weighted by Gasteiger charge is 2.33. The summed E-state index contributed by atoms with van der Waals surface area (Å²) in [6.07, 6.45) is -0.837. The molecule has 0 amide bonds. The van der Waals surface area contributed by atoms with Crippen molar-refractivity contribution in [3.05, 3.63) is 59.2 Å². The first-order valence-corrected chi connectivity index (χ1v) is 12.4. The lowest BCUT2D eigenvalue weighted by Crippen LogP contribution is -2.35. The van der Waals surface area contributed by atoms with Gasteiger partial charge < -0.3 is 14.2 Å². The Morgan fingerprint density at radius 1 is 1.27 bits per heavy atom. The number of fused-ring (bicyclic) bond motifs is 3. The lowest BCUT2D eigenvalue weighted by Gasteiger charge is -2.22. The summed E-state index contributed by atoms with van der Waals surface area (Å²) in [5.41, 5.74) is 2.03. The molecule has 1 unspecified atom stereocenters. The van der Waals surface area contributed by atoms with Crippen molar-refractivity contribution in [1.29, 1.82) is 0 Å². The number of amidine groups is 1. The van der Waals surface area contributed by atoms with Crippen LogP contribution in [-0.2, 0) is 14.8 Å². The van der Waals surface area contributed by atoms with E-state index in [1.165, 1.54) is 17.8 Å². The minimum atomic E-state index is -3.46. The van der Waals surface area contributed by atoms with Gasteiger partial charge in [0.25, 0.3) is 15.9 Å². The summed E-state index contributed by atoms with van der Waals surface area (Å²) >= 11 is 1.19. The molecule has 2 aliphatic heterocycles. The smallest absolute Gasteiger partial charge is 0.338 e. The van der Waals surface area contributed by atoms with Crippen LogP contribution in [0.25, 0.3) is 11.4 Å². The predicted octanol–water partition coefficient (Wildman–Crippen LogP) is 3.71. The molecule has 2 aliphatic rings. The summed E-state index contributed by atoms with van der Waals surface area (Å²) in [4.78, 5) is 19.4. The third kappa shape index (κ3) is 4.11. The summed E-state index contributed by atoms with van der Waals surface area (Å²) in [7, 11) is -3.46. The van der Waals surface area contributed by atoms with Crippen LogP contribution in [0, 0.1) is 12.7 Å². The largest absolute Gasteiger partial charge is 0.449 e. The fraction of sp³-hybridized carbons (Fsp3) is 0.238. The van der Waals surface area contributed by atoms with Gasteiger partial charge in [0.15, 0.2) is 11.3 Å². The number of anilines is 1. The minimum absolute atomic E-state index is 0.0563. The molecule has 0 radical (unpaired) electrons. The zero-order valence-corrected chi connectivity index (χ0v) is 19.1. The number of rotatable bonds is 4. The van der Waals surface area contributed by atoms with Crippen molar-refractivity contribution in [2.75, 3.05) is 17.2 Å². The van der Waals surface area contributed by atoms with E-state index >= 15 is 0 Å². The Labute approximate surface area is 192 Å². The summed E-state index contributed by atoms with van der Waals surface area (Å²) in [5, 5.41) is 4.22. The van der Waals surface area contributed by atoms with Crippen LogP contribution >= 0.6 is 11.8 Å². The maximum Gasteiger partial charge on any atom is 0.338 e. The number of hydrogen-bond donors (Lipinski definition) is 0. The average molecular weight is 489 g/mol. The SMILES string of the molecule is Cc1ccc(-c2noc(C(C)OC(=O)c3ccc4c(c3)SC3=NS(=O)(=O)CCN34)n2)cc1F. The van der Waals surface area contributed by atoms with Crippen molar-refractivity contribution in [2.24, 2.45) is 4.40 Å². The van der Waals surface area contributed by atoms with E-state index in [2.05, 4.69) is 14.5 Å². The molecule has 0 spiro atoms. The van der Waals surface area contributed by atoms with Crippen molar-refractivity contribution in [3.63, 3.8) is 0 Å². The summed E-state index contributed by atoms with van der Waals surface area (Å²) in [6.45, 7) is 3.56. The molecule has 1 atom stereocenters. The van der Waals surface area contributed by atoms with Crippen molar-refractivity contribution in [1.82, 2.24) is 10.1 Å². The standard InChI is InChI=1S/C21H17FN4O5S2/c1-11-3-4-13(9-15(11)22)18-23-19(31-24-18)12(2)30-20(27)14-5-6-16-17(10-14)32-21-25-33(28,29)8-7-26(16)21/h3-6,9-10,12H,7-8H2,1-2H3. The van der Waals surface area contributed by atoms with Crippen LogP contribution in [-0.4, -0.2) is 42.0 Å². The Morgan fingerprint density at radius 2 is 2.09 bits per heavy atom. The van der Waals surface area contributed by atoms with Crippen LogP contribution in [0.4, 0.5) is 10.1 Å². The first kappa shape index (κ1) is 21.6. The maximum absolute atomic E-state index is 13.8. The van der Waals surface area contributed by atoms with Gasteiger partial charge in [-0.25, -0.2) is 17.6 Å². The van der Waals surface area contributed by atoms with Gasteiger partial charge in [-0.1, -0.05) is 17.3 Å². The van der Waals surface area contributed by atoms with Crippen molar-refractivity contribution in [2.45, 2.75) is 24.8 Å². The number of aromatic nitrogens is 2. The molecule has 0 fully saturated rings. The number of thioether (sulfide) groups is 1. The third-order valence-electron chi connectivity index (χ3n) is 5.21. The Kier molecular flexibility index (Phi) is 5.20. The fourth-order valence-electron chi connectivity index (χ4n) is 3.39. The number of sulfonamides is 1. The predicted molar refractivity (Wildman–Crippen MR) is 119 cm³/mol. The van der Waals surface area contributed by atoms with Crippen LogP contribution in [0.2, 0.25) is 0 Å². The number of halogens is 1. The van der Waals surface area contributed by atoms with E-state index < -0.39 is 22.1 Å². The normalized spacial score (nSPS) is 17.2. The molecule has 5 rings (SSSR count). The molecular formula is C21H17FN4O5S2. The van der Waals surface area contributed by atoms with Crippen LogP contribution in [0.5, 0.6) is 0 Å². The molecule has 0 N–H and O–H groups in total. The number of aryl methyl sites for hydroxylation is 1. The Bertz CT molecular complexity index is 1420. The summed E-state index contributed by atoms with van der Waals surface area (Å²) in [6, 6.07) is 9.58. The van der Waals surface area contributed by atoms with Crippen molar-refractivity contribution < 1.29 is 26.9 Å². The third-order valence-corrected chi connectivity index (χ3v) is 7.52. The lowest BCUT2D eigenvalue weighted by molar-refractivity contribution is 0.0265. The number of nitrogens with zero attached hydrogens (tertiary/aromatic N) is 4. The second-order valence-electron chi connectivity index (χ2n) is 7.56. The molecule has 9 nitrogen and oxygen atoms in total. The second-order valence-corrected chi connectivity index (χ2v) is 10.3. The molecule has 3 aromatic rings. The molecular weight excluding hydrogens is 471 g/mol. The first-order chi connectivity index (χ1) is 15.7. The maximum atomic E-state index is 13.8. The van der Waals surface area contributed by atoms with Crippen LogP contribution in [0.15, 0.2) is 50.2 Å². The molecule has 12 heteroatoms. The van der Waals surface area contributed by atoms with Gasteiger partial charge in [0, 0.05) is 17.0 Å². The minimum Gasteiger partial charge on any atom is -0.449 e. The van der Waals surface area contributed by atoms with E-state index in [1.54, 1.807) is 44.2 Å². The highest BCUT2D eigenvalue weighted by molar-refractivity contribution is 8.15. The zero-order chi connectivity index (χ0) is 23.3. The molecule has 170 valence electrons. The molecule has 0 saturated carbocycles. The van der Waals surface area contributed by atoms with E-state index in [0.29, 0.717) is 22.8 Å². The van der Waals surface area contributed by atoms with Gasteiger partial charge in [0.05, 0.1) is 17.0 Å². The summed E-state index contributed by atoms with van der Waals surface area (Å²) < 4.78 is 51.8. The highest BCUT2D eigenvalue weighted by Crippen LogP contribution is 2.42. The number of carbonyl (C=O) groups is 1. The molecule has 1 aromatic heterocycles. The zero-order valence-electron chi connectivity index (χ0n) is 17.5. The topological polar surface area (TPSA) is 115 Å². The number of carbonyl (C=O) groups excluding carboxylic acids is 1. The van der Waals surface area contributed by atoms with Crippen molar-refractivity contribution in [3.8, 4) is 11.4 Å². The van der Waals surface area contributed by atoms with E-state index in [0.717, 1.165) is 10.6 Å². The molecule has 0 saturated heterocycles. The average Bonchev–Trinajstić information content (AvgIpc) is 3.39. The number of benzene rings is 2. The van der Waals surface area contributed by atoms with E-state index in [1.807, 2.05) is 4.90 Å². The highest BCUT2D eigenvalue weighted by atomic mass is 32.2. The van der Waals surface area contributed by atoms with E-state index in [-0.39, 0.29) is 28.8 Å². The van der Waals surface area contributed by atoms with Gasteiger partial charge in [-0.3, -0.25) is 0 Å². The van der Waals surface area contributed by atoms with E-state index in [4.69, 9.17) is 9.26 Å². The molecule has 0 aliphatic carbocycles. The monoisotopic (exact) mass is 488 g/mol. The van der Waals surface area contributed by atoms with Crippen LogP contribution in [0.1, 0.15) is 34.8 Å². The summed E-state index contributed by atoms with van der Waals surface area (Å²) in [5.74, 6) is -0.780. The number of hydrogen-bond acceptors (Lipinski definition) is 9. The lowest BCUT2D eigenvalue weighted by atomic mass is 10.1. The van der Waals surface area contributed by atoms with Gasteiger partial charge in [-0.15, -0.1) is 4.40 Å². The van der Waals surface area contributed by atoms with Gasteiger partial charge in [0.2, 0.25) is 5.82 Å². The molecule has 3 heterocycles. The van der Waals surface area contributed by atoms with Gasteiger partial charge in [0.1, 0.15) is 5.82 Å². The molecule has 33 heavy (non-hydrogen) atoms. The quantitative estimate of drug-likeness (QED) is 0.507. The Balaban J connectivity index is 1.31. The first-order valence-electron chi connectivity index (χ1n) is 9.93.